The zero-order chi connectivity index (χ0) is 36.6. The zero-order valence-electron chi connectivity index (χ0n) is 30.8. The molecule has 5 aromatic carbocycles. The molecule has 0 fully saturated rings. The van der Waals surface area contributed by atoms with Gasteiger partial charge < -0.3 is 4.90 Å². The van der Waals surface area contributed by atoms with Gasteiger partial charge in [-0.15, -0.1) is 0 Å². The Morgan fingerprint density at radius 1 is 0.700 bits per heavy atom. The molecule has 254 valence electrons. The number of benzene rings is 5. The van der Waals surface area contributed by atoms with Crippen LogP contribution in [-0.4, -0.2) is 12.1 Å². The first-order valence-electron chi connectivity index (χ1n) is 17.3. The molecule has 0 amide bonds. The number of aldehydes is 1. The largest absolute Gasteiger partial charge is 0.310 e. The standard InChI is InChI=1S/C45H43NO2.C2H6/c1-9-12-35-26-41(19-13-30(35)4)46(40-21-17-39(18-22-40)45(6,7)8)42-20-16-36-24-32(14-15-37(36)27-42)23-31(5)44(48)43-28-34(11-3)33(10-2)25-38(43)29-47;1-2/h9-29H,2-3H2,1,4-8H3;1-2H3/b12-9-,31-23?;. The van der Waals surface area contributed by atoms with Gasteiger partial charge in [-0.3, -0.25) is 9.59 Å². The summed E-state index contributed by atoms with van der Waals surface area (Å²) in [6.07, 6.45) is 10.1. The Balaban J connectivity index is 0.00000276. The molecule has 0 aliphatic rings. The summed E-state index contributed by atoms with van der Waals surface area (Å²) in [5, 5.41) is 2.15. The second kappa shape index (κ2) is 16.2. The van der Waals surface area contributed by atoms with Crippen molar-refractivity contribution in [1.82, 2.24) is 0 Å². The second-order valence-electron chi connectivity index (χ2n) is 13.2. The maximum Gasteiger partial charge on any atom is 0.189 e. The van der Waals surface area contributed by atoms with Gasteiger partial charge in [0.25, 0.3) is 0 Å². The molecule has 0 aromatic heterocycles. The Kier molecular flexibility index (Phi) is 12.1. The van der Waals surface area contributed by atoms with E-state index in [0.717, 1.165) is 44.5 Å². The monoisotopic (exact) mass is 659 g/mol. The van der Waals surface area contributed by atoms with E-state index in [0.29, 0.717) is 23.0 Å². The smallest absolute Gasteiger partial charge is 0.189 e. The molecule has 0 aliphatic heterocycles. The van der Waals surface area contributed by atoms with Gasteiger partial charge >= 0.3 is 0 Å². The average Bonchev–Trinajstić information content (AvgIpc) is 3.12. The topological polar surface area (TPSA) is 37.4 Å². The maximum absolute atomic E-state index is 13.5. The number of Topliss-reactive ketones (excluding diaryl/α,β-unsaturated/α-hetero) is 1. The second-order valence-corrected chi connectivity index (χ2v) is 13.2. The number of ketones is 1. The van der Waals surface area contributed by atoms with Crippen molar-refractivity contribution in [2.45, 2.75) is 60.8 Å². The van der Waals surface area contributed by atoms with Gasteiger partial charge in [-0.05, 0) is 137 Å². The summed E-state index contributed by atoms with van der Waals surface area (Å²) in [6, 6.07) is 31.5. The third-order valence-corrected chi connectivity index (χ3v) is 8.77. The van der Waals surface area contributed by atoms with Crippen LogP contribution in [0.15, 0.2) is 116 Å². The van der Waals surface area contributed by atoms with Crippen molar-refractivity contribution >= 4 is 64.2 Å². The lowest BCUT2D eigenvalue weighted by Crippen LogP contribution is -2.13. The third-order valence-electron chi connectivity index (χ3n) is 8.77. The number of carbonyl (C=O) groups excluding carboxylic acids is 2. The van der Waals surface area contributed by atoms with Crippen LogP contribution in [0.4, 0.5) is 17.1 Å². The molecule has 0 unspecified atom stereocenters. The lowest BCUT2D eigenvalue weighted by molar-refractivity contribution is 0.102. The van der Waals surface area contributed by atoms with E-state index in [1.807, 2.05) is 32.9 Å². The zero-order valence-corrected chi connectivity index (χ0v) is 30.8. The summed E-state index contributed by atoms with van der Waals surface area (Å²) in [4.78, 5) is 27.7. The Hall–Kier alpha value is -5.54. The first-order chi connectivity index (χ1) is 24.0. The highest BCUT2D eigenvalue weighted by atomic mass is 16.1. The summed E-state index contributed by atoms with van der Waals surface area (Å²) >= 11 is 0. The third kappa shape index (κ3) is 8.18. The molecule has 0 N–H and O–H groups in total. The lowest BCUT2D eigenvalue weighted by Gasteiger charge is -2.28. The first kappa shape index (κ1) is 37.3. The highest BCUT2D eigenvalue weighted by molar-refractivity contribution is 6.15. The normalized spacial score (nSPS) is 11.6. The van der Waals surface area contributed by atoms with Crippen molar-refractivity contribution < 1.29 is 9.59 Å². The molecule has 5 aromatic rings. The first-order valence-corrected chi connectivity index (χ1v) is 17.3. The minimum atomic E-state index is -0.199. The number of hydrogen-bond acceptors (Lipinski definition) is 3. The molecule has 0 saturated heterocycles. The Labute approximate surface area is 299 Å². The quantitative estimate of drug-likeness (QED) is 0.0850. The molecule has 0 spiro atoms. The molecule has 0 atom stereocenters. The molecule has 0 radical (unpaired) electrons. The molecular weight excluding hydrogens is 611 g/mol. The van der Waals surface area contributed by atoms with E-state index in [1.165, 1.54) is 16.7 Å². The molecule has 0 heterocycles. The van der Waals surface area contributed by atoms with Crippen molar-refractivity contribution in [3.8, 4) is 0 Å². The summed E-state index contributed by atoms with van der Waals surface area (Å²) < 4.78 is 0. The molecule has 0 bridgehead atoms. The van der Waals surface area contributed by atoms with Gasteiger partial charge in [-0.25, -0.2) is 0 Å². The predicted octanol–water partition coefficient (Wildman–Crippen LogP) is 13.4. The van der Waals surface area contributed by atoms with Crippen LogP contribution in [0.25, 0.3) is 35.1 Å². The molecular formula is C47H49NO2. The number of nitrogens with zero attached hydrogens (tertiary/aromatic N) is 1. The van der Waals surface area contributed by atoms with Gasteiger partial charge in [0.15, 0.2) is 12.1 Å². The van der Waals surface area contributed by atoms with E-state index in [4.69, 9.17) is 0 Å². The van der Waals surface area contributed by atoms with Crippen molar-refractivity contribution in [2.75, 3.05) is 4.90 Å². The minimum Gasteiger partial charge on any atom is -0.310 e. The molecule has 0 aliphatic carbocycles. The fourth-order valence-electron chi connectivity index (χ4n) is 5.99. The van der Waals surface area contributed by atoms with Crippen molar-refractivity contribution in [3.63, 3.8) is 0 Å². The SMILES string of the molecule is C=Cc1cc(C=O)c(C(=O)C(C)=Cc2ccc3cc(N(c4ccc(C(C)(C)C)cc4)c4ccc(C)c(/C=C\C)c4)ccc3c2)cc1C=C.CC. The molecule has 3 heteroatoms. The van der Waals surface area contributed by atoms with Crippen LogP contribution in [0.5, 0.6) is 0 Å². The van der Waals surface area contributed by atoms with Crippen LogP contribution in [0, 0.1) is 6.92 Å². The van der Waals surface area contributed by atoms with Gasteiger partial charge in [-0.2, -0.15) is 0 Å². The van der Waals surface area contributed by atoms with Crippen LogP contribution in [-0.2, 0) is 5.41 Å². The van der Waals surface area contributed by atoms with E-state index in [2.05, 4.69) is 131 Å². The van der Waals surface area contributed by atoms with Gasteiger partial charge in [0.05, 0.1) is 0 Å². The van der Waals surface area contributed by atoms with Gasteiger partial charge in [0, 0.05) is 28.2 Å². The molecule has 3 nitrogen and oxygen atoms in total. The van der Waals surface area contributed by atoms with Crippen molar-refractivity contribution in [1.29, 1.82) is 0 Å². The van der Waals surface area contributed by atoms with E-state index in [9.17, 15) is 9.59 Å². The van der Waals surface area contributed by atoms with Crippen LogP contribution in [0.1, 0.15) is 103 Å². The van der Waals surface area contributed by atoms with E-state index < -0.39 is 0 Å². The number of hydrogen-bond donors (Lipinski definition) is 0. The van der Waals surface area contributed by atoms with Gasteiger partial charge in [0.1, 0.15) is 0 Å². The van der Waals surface area contributed by atoms with E-state index >= 15 is 0 Å². The van der Waals surface area contributed by atoms with Crippen molar-refractivity contribution in [2.24, 2.45) is 0 Å². The fraction of sp³-hybridized carbons (Fsp3) is 0.191. The van der Waals surface area contributed by atoms with Crippen LogP contribution >= 0.6 is 0 Å². The number of aryl methyl sites for hydroxylation is 1. The number of allylic oxidation sites excluding steroid dienone is 2. The number of carbonyl (C=O) groups is 2. The molecule has 50 heavy (non-hydrogen) atoms. The highest BCUT2D eigenvalue weighted by Crippen LogP contribution is 2.38. The van der Waals surface area contributed by atoms with E-state index in [1.54, 1.807) is 31.2 Å². The van der Waals surface area contributed by atoms with Gasteiger partial charge in [0.2, 0.25) is 0 Å². The Bertz CT molecular complexity index is 2100. The van der Waals surface area contributed by atoms with Crippen LogP contribution < -0.4 is 4.90 Å². The lowest BCUT2D eigenvalue weighted by atomic mass is 9.87. The number of rotatable bonds is 10. The Morgan fingerprint density at radius 3 is 1.90 bits per heavy atom. The number of fused-ring (bicyclic) bond motifs is 1. The molecule has 5 rings (SSSR count). The maximum atomic E-state index is 13.5. The summed E-state index contributed by atoms with van der Waals surface area (Å²) in [7, 11) is 0. The number of anilines is 3. The summed E-state index contributed by atoms with van der Waals surface area (Å²) in [6.45, 7) is 24.3. The van der Waals surface area contributed by atoms with Crippen LogP contribution in [0.3, 0.4) is 0 Å². The van der Waals surface area contributed by atoms with Gasteiger partial charge in [-0.1, -0.05) is 108 Å². The van der Waals surface area contributed by atoms with Crippen LogP contribution in [0.2, 0.25) is 0 Å². The Morgan fingerprint density at radius 2 is 1.28 bits per heavy atom. The predicted molar refractivity (Wildman–Crippen MR) is 218 cm³/mol. The summed E-state index contributed by atoms with van der Waals surface area (Å²) in [5.74, 6) is -0.199. The minimum absolute atomic E-state index is 0.0613. The fourth-order valence-corrected chi connectivity index (χ4v) is 5.99. The average molecular weight is 660 g/mol. The van der Waals surface area contributed by atoms with E-state index in [-0.39, 0.29) is 11.2 Å². The molecule has 0 saturated carbocycles. The van der Waals surface area contributed by atoms with Crippen molar-refractivity contribution in [3.05, 3.63) is 160 Å². The summed E-state index contributed by atoms with van der Waals surface area (Å²) in [5.41, 5.74) is 10.6. The highest BCUT2D eigenvalue weighted by Gasteiger charge is 2.18.